The summed E-state index contributed by atoms with van der Waals surface area (Å²) in [4.78, 5) is 143. The van der Waals surface area contributed by atoms with Crippen molar-refractivity contribution in [2.45, 2.75) is 132 Å². The molecule has 2 heterocycles. The van der Waals surface area contributed by atoms with Crippen molar-refractivity contribution in [1.29, 1.82) is 0 Å². The van der Waals surface area contributed by atoms with E-state index in [1.807, 2.05) is 13.8 Å². The lowest BCUT2D eigenvalue weighted by atomic mass is 9.90. The van der Waals surface area contributed by atoms with Crippen LogP contribution < -0.4 is 50.8 Å². The number of hydroxylamine groups is 4. The molecule has 2 aromatic heterocycles. The second-order valence-electron chi connectivity index (χ2n) is 23.1. The van der Waals surface area contributed by atoms with Crippen LogP contribution in [0.25, 0.3) is 22.6 Å². The Morgan fingerprint density at radius 2 is 0.873 bits per heavy atom. The van der Waals surface area contributed by atoms with Crippen molar-refractivity contribution in [3.05, 3.63) is 142 Å². The summed E-state index contributed by atoms with van der Waals surface area (Å²) in [5.74, 6) is -5.22. The van der Waals surface area contributed by atoms with Crippen molar-refractivity contribution in [2.75, 3.05) is 54.2 Å². The molecule has 0 saturated carbocycles. The zero-order chi connectivity index (χ0) is 74.3. The van der Waals surface area contributed by atoms with E-state index in [0.717, 1.165) is 35.8 Å². The van der Waals surface area contributed by atoms with E-state index >= 15 is 0 Å². The Kier molecular flexibility index (Phi) is 32.4. The van der Waals surface area contributed by atoms with Gasteiger partial charge in [0.05, 0.1) is 86.9 Å². The maximum Gasteiger partial charge on any atom is 0.701 e. The normalized spacial score (nSPS) is 12.0. The molecular weight excluding hydrogens is 1340 g/mol. The Morgan fingerprint density at radius 3 is 1.22 bits per heavy atom. The molecule has 6 aromatic rings. The summed E-state index contributed by atoms with van der Waals surface area (Å²) in [5.41, 5.74) is 2.56. The summed E-state index contributed by atoms with van der Waals surface area (Å²) in [6, 6.07) is 22.9. The molecule has 29 nitrogen and oxygen atoms in total. The van der Waals surface area contributed by atoms with E-state index in [1.165, 1.54) is 74.9 Å². The maximum atomic E-state index is 13.8. The van der Waals surface area contributed by atoms with E-state index in [-0.39, 0.29) is 96.2 Å². The standard InChI is InChI=1S/C72H89N8O21P/c1-11-17-19-21-53(57(13-3)79(43-81)100-71(89)51-29-25-49(92-9)35-45(51)7)65(83)73-39-75-69(87)61-33-31-59(98-61)47-23-27-55(63(37-47)94-15-5)67(85)77-41-96-102(91)97-42-78-68(86)56-28-24-48(38-64(56)95-16-6)60-32-34-62(99-60)70(88)76-40-74-66(84)54(22-20-18-12-2)58(14-4)80(44-82)101-72(90)52-30-26-50(93-10)36-46(52)8/h23-38,43-44,53-54,57-58H,11-22,39-42H2,1-10H3,(H5-,73,74,75,76,77,78,83,84,85,86,87,88)/p+1/t53-,54-,57-,58-/m1/s1. The Bertz CT molecular complexity index is 3630. The maximum absolute atomic E-state index is 13.8. The number of benzene rings is 4. The number of nitrogens with one attached hydrogen (secondary N) is 6. The molecular formula is C72H90N8O21P+. The molecule has 0 fully saturated rings. The molecule has 0 aliphatic heterocycles. The van der Waals surface area contributed by atoms with Crippen molar-refractivity contribution >= 4 is 68.5 Å². The van der Waals surface area contributed by atoms with Gasteiger partial charge < -0.3 is 69.4 Å². The smallest absolute Gasteiger partial charge is 0.497 e. The van der Waals surface area contributed by atoms with Gasteiger partial charge >= 0.3 is 20.2 Å². The van der Waals surface area contributed by atoms with E-state index in [9.17, 15) is 52.5 Å². The molecule has 0 spiro atoms. The highest BCUT2D eigenvalue weighted by Gasteiger charge is 2.36. The van der Waals surface area contributed by atoms with Crippen LogP contribution in [0.15, 0.2) is 106 Å². The minimum Gasteiger partial charge on any atom is -0.497 e. The highest BCUT2D eigenvalue weighted by Crippen LogP contribution is 2.33. The zero-order valence-electron chi connectivity index (χ0n) is 58.9. The third kappa shape index (κ3) is 22.7. The lowest BCUT2D eigenvalue weighted by Crippen LogP contribution is -2.49. The first-order chi connectivity index (χ1) is 49.2. The number of furan rings is 2. The van der Waals surface area contributed by atoms with Crippen molar-refractivity contribution in [1.82, 2.24) is 42.0 Å². The van der Waals surface area contributed by atoms with Crippen LogP contribution in [-0.4, -0.2) is 137 Å². The predicted octanol–water partition coefficient (Wildman–Crippen LogP) is 10.4. The minimum atomic E-state index is -2.89. The van der Waals surface area contributed by atoms with Crippen LogP contribution in [-0.2, 0) is 42.5 Å². The van der Waals surface area contributed by atoms with Crippen LogP contribution >= 0.6 is 8.25 Å². The van der Waals surface area contributed by atoms with E-state index < -0.39 is 93.0 Å². The summed E-state index contributed by atoms with van der Waals surface area (Å²) in [5, 5.41) is 17.4. The second kappa shape index (κ2) is 41.2. The zero-order valence-corrected chi connectivity index (χ0v) is 59.8. The number of ether oxygens (including phenoxy) is 4. The number of aryl methyl sites for hydroxylation is 2. The molecule has 6 N–H and O–H groups in total. The Labute approximate surface area is 592 Å². The third-order valence-electron chi connectivity index (χ3n) is 16.3. The molecule has 30 heteroatoms. The van der Waals surface area contributed by atoms with Crippen molar-refractivity contribution in [3.8, 4) is 45.6 Å². The average molecular weight is 1430 g/mol. The van der Waals surface area contributed by atoms with Crippen LogP contribution in [0.3, 0.4) is 0 Å². The number of amides is 8. The summed E-state index contributed by atoms with van der Waals surface area (Å²) in [6.07, 6.45) is 6.63. The molecule has 102 heavy (non-hydrogen) atoms. The summed E-state index contributed by atoms with van der Waals surface area (Å²) >= 11 is 0. The van der Waals surface area contributed by atoms with E-state index in [0.29, 0.717) is 72.3 Å². The molecule has 0 aliphatic rings. The number of unbranched alkanes of at least 4 members (excludes halogenated alkanes) is 4. The fourth-order valence-electron chi connectivity index (χ4n) is 11.0. The molecule has 0 radical (unpaired) electrons. The number of nitrogens with zero attached hydrogens (tertiary/aromatic N) is 2. The first-order valence-electron chi connectivity index (χ1n) is 33.6. The number of hydrogen-bond donors (Lipinski definition) is 6. The monoisotopic (exact) mass is 1430 g/mol. The second-order valence-corrected chi connectivity index (χ2v) is 24.0. The topological polar surface area (TPSA) is 367 Å². The summed E-state index contributed by atoms with van der Waals surface area (Å²) in [6.45, 7) is 12.9. The fourth-order valence-corrected chi connectivity index (χ4v) is 11.4. The number of carbonyl (C=O) groups is 10. The van der Waals surface area contributed by atoms with Gasteiger partial charge in [0, 0.05) is 15.7 Å². The predicted molar refractivity (Wildman–Crippen MR) is 372 cm³/mol. The average Bonchev–Trinajstić information content (AvgIpc) is 1.11. The van der Waals surface area contributed by atoms with Crippen molar-refractivity contribution in [2.24, 2.45) is 11.8 Å². The number of hydrogen-bond acceptors (Lipinski definition) is 21. The highest BCUT2D eigenvalue weighted by atomic mass is 31.1. The number of methoxy groups -OCH3 is 2. The third-order valence-corrected chi connectivity index (χ3v) is 17.0. The summed E-state index contributed by atoms with van der Waals surface area (Å²) in [7, 11) is 0.112. The molecule has 0 saturated heterocycles. The van der Waals surface area contributed by atoms with Gasteiger partial charge in [-0.25, -0.2) is 9.59 Å². The minimum absolute atomic E-state index is 0.0694. The molecule has 0 aliphatic carbocycles. The lowest BCUT2D eigenvalue weighted by molar-refractivity contribution is -0.171. The number of carbonyl (C=O) groups excluding carboxylic acids is 10. The van der Waals surface area contributed by atoms with Gasteiger partial charge in [0.1, 0.15) is 34.5 Å². The van der Waals surface area contributed by atoms with Gasteiger partial charge in [-0.3, -0.25) is 38.4 Å². The highest BCUT2D eigenvalue weighted by molar-refractivity contribution is 7.33. The quantitative estimate of drug-likeness (QED) is 0.00680. The van der Waals surface area contributed by atoms with Gasteiger partial charge in [-0.15, -0.1) is 0 Å². The lowest BCUT2D eigenvalue weighted by Gasteiger charge is -2.32. The van der Waals surface area contributed by atoms with Gasteiger partial charge in [0.25, 0.3) is 23.6 Å². The first-order valence-corrected chi connectivity index (χ1v) is 34.7. The molecule has 0 unspecified atom stereocenters. The van der Waals surface area contributed by atoms with Crippen LogP contribution in [0.5, 0.6) is 23.0 Å². The summed E-state index contributed by atoms with van der Waals surface area (Å²) < 4.78 is 56.9. The fraction of sp³-hybridized carbons (Fsp3) is 0.417. The van der Waals surface area contributed by atoms with Crippen molar-refractivity contribution < 1.29 is 99.0 Å². The Hall–Kier alpha value is -10.6. The van der Waals surface area contributed by atoms with E-state index in [4.69, 9.17) is 46.5 Å². The number of rotatable bonds is 44. The van der Waals surface area contributed by atoms with Gasteiger partial charge in [-0.05, 0) is 149 Å². The molecule has 6 rings (SSSR count). The van der Waals surface area contributed by atoms with Gasteiger partial charge in [-0.1, -0.05) is 87.4 Å². The molecule has 4 aromatic carbocycles. The molecule has 8 amide bonds. The van der Waals surface area contributed by atoms with Gasteiger partial charge in [-0.2, -0.15) is 10.1 Å². The van der Waals surface area contributed by atoms with Crippen LogP contribution in [0.4, 0.5) is 0 Å². The molecule has 4 atom stereocenters. The van der Waals surface area contributed by atoms with Crippen LogP contribution in [0, 0.1) is 25.7 Å². The first kappa shape index (κ1) is 80.3. The largest absolute Gasteiger partial charge is 0.701 e. The Balaban J connectivity index is 0.960. The van der Waals surface area contributed by atoms with E-state index in [2.05, 4.69) is 31.9 Å². The van der Waals surface area contributed by atoms with Gasteiger partial charge in [0.2, 0.25) is 24.6 Å². The van der Waals surface area contributed by atoms with Crippen LogP contribution in [0.1, 0.15) is 179 Å². The van der Waals surface area contributed by atoms with E-state index in [1.54, 1.807) is 77.9 Å². The van der Waals surface area contributed by atoms with Gasteiger partial charge in [0.15, 0.2) is 25.0 Å². The van der Waals surface area contributed by atoms with Crippen molar-refractivity contribution in [3.63, 3.8) is 0 Å². The SMILES string of the molecule is CCCCC[C@@H](C(=O)NCNC(=O)c1ccc(-c2ccc(C(=O)NCO[P+](=O)OCNC(=O)c3ccc(-c4ccc(C(=O)NCNC(=O)[C@H](CCCCC)[C@@H](CC)N(C=O)OC(=O)c5ccc(OC)cc5C)o4)cc3OCC)c(OCC)c2)o1)[C@@H](CC)N(C=O)OC(=O)c1ccc(OC)cc1C. The van der Waals surface area contributed by atoms with Crippen LogP contribution in [0.2, 0.25) is 0 Å². The molecule has 548 valence electrons. The Morgan fingerprint density at radius 1 is 0.480 bits per heavy atom. The molecule has 0 bridgehead atoms.